The molecule has 1 aromatic rings. The molecule has 0 saturated carbocycles. The van der Waals surface area contributed by atoms with Gasteiger partial charge in [-0.2, -0.15) is 0 Å². The van der Waals surface area contributed by atoms with Crippen molar-refractivity contribution in [3.8, 4) is 5.75 Å². The van der Waals surface area contributed by atoms with Crippen LogP contribution in [0.3, 0.4) is 0 Å². The topological polar surface area (TPSA) is 32.7 Å². The Morgan fingerprint density at radius 2 is 1.87 bits per heavy atom. The largest absolute Gasteiger partial charge is 0.491 e. The summed E-state index contributed by atoms with van der Waals surface area (Å²) in [6.45, 7) is 12.1. The van der Waals surface area contributed by atoms with Crippen LogP contribution in [0.1, 0.15) is 64.0 Å². The maximum atomic E-state index is 10.3. The predicted molar refractivity (Wildman–Crippen MR) is 96.3 cm³/mol. The molecule has 0 aliphatic carbocycles. The molecule has 0 aromatic heterocycles. The molecule has 0 radical (unpaired) electrons. The number of rotatable bonds is 6. The van der Waals surface area contributed by atoms with Crippen LogP contribution in [0.25, 0.3) is 0 Å². The highest BCUT2D eigenvalue weighted by Crippen LogP contribution is 2.24. The molecule has 130 valence electrons. The van der Waals surface area contributed by atoms with Crippen LogP contribution >= 0.6 is 0 Å². The second kappa shape index (κ2) is 8.16. The molecule has 1 aliphatic heterocycles. The smallest absolute Gasteiger partial charge is 0.119 e. The highest BCUT2D eigenvalue weighted by Gasteiger charge is 2.26. The van der Waals surface area contributed by atoms with Crippen LogP contribution in [-0.2, 0) is 0 Å². The quantitative estimate of drug-likeness (QED) is 0.856. The lowest BCUT2D eigenvalue weighted by atomic mass is 9.97. The van der Waals surface area contributed by atoms with Gasteiger partial charge in [0.2, 0.25) is 0 Å². The Bertz CT molecular complexity index is 490. The van der Waals surface area contributed by atoms with Crippen LogP contribution in [0.4, 0.5) is 0 Å². The lowest BCUT2D eigenvalue weighted by molar-refractivity contribution is 0.0209. The molecule has 0 bridgehead atoms. The molecule has 1 aliphatic rings. The summed E-state index contributed by atoms with van der Waals surface area (Å²) in [6.07, 6.45) is 3.32. The minimum Gasteiger partial charge on any atom is -0.491 e. The number of β-amino-alcohol motifs (C(OH)–C–C–N with tert-alkyl or cyclic N) is 1. The molecule has 1 N–H and O–H groups in total. The van der Waals surface area contributed by atoms with Gasteiger partial charge in [-0.05, 0) is 62.8 Å². The molecule has 3 heteroatoms. The first-order valence-corrected chi connectivity index (χ1v) is 9.05. The zero-order chi connectivity index (χ0) is 17.0. The van der Waals surface area contributed by atoms with E-state index in [1.165, 1.54) is 30.4 Å². The number of hydrogen-bond donors (Lipinski definition) is 1. The van der Waals surface area contributed by atoms with Gasteiger partial charge in [-0.25, -0.2) is 0 Å². The fraction of sp³-hybridized carbons (Fsp3) is 0.700. The normalized spacial score (nSPS) is 24.0. The molecule has 1 aromatic carbocycles. The summed E-state index contributed by atoms with van der Waals surface area (Å²) in [4.78, 5) is 2.42. The number of hydrogen-bond acceptors (Lipinski definition) is 3. The molecule has 0 amide bonds. The van der Waals surface area contributed by atoms with E-state index in [1.807, 2.05) is 6.07 Å². The van der Waals surface area contributed by atoms with Gasteiger partial charge in [-0.1, -0.05) is 26.3 Å². The summed E-state index contributed by atoms with van der Waals surface area (Å²) in [5.41, 5.74) is 2.61. The lowest BCUT2D eigenvalue weighted by Crippen LogP contribution is -2.48. The maximum absolute atomic E-state index is 10.3. The zero-order valence-corrected chi connectivity index (χ0v) is 15.4. The van der Waals surface area contributed by atoms with Gasteiger partial charge in [0.25, 0.3) is 0 Å². The van der Waals surface area contributed by atoms with E-state index in [0.717, 1.165) is 5.75 Å². The van der Waals surface area contributed by atoms with Crippen LogP contribution in [0.15, 0.2) is 18.2 Å². The van der Waals surface area contributed by atoms with Gasteiger partial charge in [0.1, 0.15) is 18.5 Å². The Morgan fingerprint density at radius 3 is 2.43 bits per heavy atom. The average Bonchev–Trinajstić information content (AvgIpc) is 2.49. The average molecular weight is 319 g/mol. The van der Waals surface area contributed by atoms with Gasteiger partial charge in [0.05, 0.1) is 0 Å². The van der Waals surface area contributed by atoms with Crippen molar-refractivity contribution < 1.29 is 9.84 Å². The Labute approximate surface area is 141 Å². The van der Waals surface area contributed by atoms with Crippen LogP contribution in [-0.4, -0.2) is 41.3 Å². The fourth-order valence-electron chi connectivity index (χ4n) is 3.71. The molecule has 1 fully saturated rings. The Kier molecular flexibility index (Phi) is 6.49. The molecule has 2 rings (SSSR count). The van der Waals surface area contributed by atoms with Crippen LogP contribution in [0.5, 0.6) is 5.75 Å². The number of ether oxygens (including phenoxy) is 1. The highest BCUT2D eigenvalue weighted by molar-refractivity contribution is 5.36. The number of piperidine rings is 1. The SMILES string of the molecule is Cc1cc(OC[C@H](O)CN2[C@H](C)CCC[C@@H]2C)ccc1C(C)C. The van der Waals surface area contributed by atoms with Crippen molar-refractivity contribution in [3.63, 3.8) is 0 Å². The summed E-state index contributed by atoms with van der Waals surface area (Å²) in [5.74, 6) is 1.38. The third kappa shape index (κ3) is 4.95. The Hall–Kier alpha value is -1.06. The van der Waals surface area contributed by atoms with E-state index >= 15 is 0 Å². The van der Waals surface area contributed by atoms with Crippen molar-refractivity contribution in [3.05, 3.63) is 29.3 Å². The molecule has 3 atom stereocenters. The summed E-state index contributed by atoms with van der Waals surface area (Å²) in [6, 6.07) is 7.34. The molecule has 3 nitrogen and oxygen atoms in total. The predicted octanol–water partition coefficient (Wildman–Crippen LogP) is 4.12. The van der Waals surface area contributed by atoms with E-state index in [-0.39, 0.29) is 0 Å². The van der Waals surface area contributed by atoms with Crippen molar-refractivity contribution in [2.45, 2.75) is 78.0 Å². The number of aliphatic hydroxyl groups is 1. The molecule has 0 spiro atoms. The first-order valence-electron chi connectivity index (χ1n) is 9.05. The zero-order valence-electron chi connectivity index (χ0n) is 15.4. The first kappa shape index (κ1) is 18.3. The van der Waals surface area contributed by atoms with Crippen molar-refractivity contribution >= 4 is 0 Å². The van der Waals surface area contributed by atoms with Crippen molar-refractivity contribution in [2.24, 2.45) is 0 Å². The summed E-state index contributed by atoms with van der Waals surface area (Å²) < 4.78 is 5.82. The molecular formula is C20H33NO2. The van der Waals surface area contributed by atoms with Gasteiger partial charge in [0.15, 0.2) is 0 Å². The van der Waals surface area contributed by atoms with Gasteiger partial charge < -0.3 is 9.84 Å². The van der Waals surface area contributed by atoms with E-state index in [0.29, 0.717) is 31.2 Å². The van der Waals surface area contributed by atoms with E-state index in [1.54, 1.807) is 0 Å². The monoisotopic (exact) mass is 319 g/mol. The molecule has 1 saturated heterocycles. The van der Waals surface area contributed by atoms with Crippen molar-refractivity contribution in [2.75, 3.05) is 13.2 Å². The van der Waals surface area contributed by atoms with E-state index in [2.05, 4.69) is 51.7 Å². The fourth-order valence-corrected chi connectivity index (χ4v) is 3.71. The standard InChI is InChI=1S/C20H33NO2/c1-14(2)20-10-9-19(11-15(20)3)23-13-18(22)12-21-16(4)7-6-8-17(21)5/h9-11,14,16-18,22H,6-8,12-13H2,1-5H3/t16-,17+,18-/m1/s1. The van der Waals surface area contributed by atoms with E-state index in [9.17, 15) is 5.11 Å². The van der Waals surface area contributed by atoms with Crippen LogP contribution in [0.2, 0.25) is 0 Å². The van der Waals surface area contributed by atoms with Crippen LogP contribution < -0.4 is 4.74 Å². The second-order valence-corrected chi connectivity index (χ2v) is 7.46. The Balaban J connectivity index is 1.86. The summed E-state index contributed by atoms with van der Waals surface area (Å²) in [7, 11) is 0. The summed E-state index contributed by atoms with van der Waals surface area (Å²) in [5, 5.41) is 10.3. The maximum Gasteiger partial charge on any atom is 0.119 e. The number of likely N-dealkylation sites (tertiary alicyclic amines) is 1. The van der Waals surface area contributed by atoms with Crippen LogP contribution in [0, 0.1) is 6.92 Å². The highest BCUT2D eigenvalue weighted by atomic mass is 16.5. The number of aliphatic hydroxyl groups excluding tert-OH is 1. The van der Waals surface area contributed by atoms with Crippen molar-refractivity contribution in [1.29, 1.82) is 0 Å². The molecular weight excluding hydrogens is 286 g/mol. The van der Waals surface area contributed by atoms with Gasteiger partial charge in [0, 0.05) is 18.6 Å². The Morgan fingerprint density at radius 1 is 1.22 bits per heavy atom. The third-order valence-corrected chi connectivity index (χ3v) is 5.10. The number of nitrogens with zero attached hydrogens (tertiary/aromatic N) is 1. The second-order valence-electron chi connectivity index (χ2n) is 7.46. The van der Waals surface area contributed by atoms with Gasteiger partial charge >= 0.3 is 0 Å². The van der Waals surface area contributed by atoms with E-state index in [4.69, 9.17) is 4.74 Å². The minimum absolute atomic E-state index is 0.358. The molecule has 23 heavy (non-hydrogen) atoms. The first-order chi connectivity index (χ1) is 10.9. The molecule has 0 unspecified atom stereocenters. The number of aryl methyl sites for hydroxylation is 1. The van der Waals surface area contributed by atoms with Gasteiger partial charge in [-0.15, -0.1) is 0 Å². The van der Waals surface area contributed by atoms with Crippen molar-refractivity contribution in [1.82, 2.24) is 4.90 Å². The summed E-state index contributed by atoms with van der Waals surface area (Å²) >= 11 is 0. The van der Waals surface area contributed by atoms with Gasteiger partial charge in [-0.3, -0.25) is 4.90 Å². The lowest BCUT2D eigenvalue weighted by Gasteiger charge is -2.40. The third-order valence-electron chi connectivity index (χ3n) is 5.10. The minimum atomic E-state index is -0.442. The number of benzene rings is 1. The van der Waals surface area contributed by atoms with E-state index < -0.39 is 6.10 Å². The molecule has 1 heterocycles.